The van der Waals surface area contributed by atoms with Crippen LogP contribution in [0.3, 0.4) is 0 Å². The molecule has 8 heteroatoms. The van der Waals surface area contributed by atoms with E-state index in [2.05, 4.69) is 10.3 Å². The monoisotopic (exact) mass is 382 g/mol. The molecule has 0 saturated heterocycles. The zero-order valence-electron chi connectivity index (χ0n) is 14.1. The maximum atomic E-state index is 12.6. The van der Waals surface area contributed by atoms with E-state index in [0.29, 0.717) is 5.92 Å². The number of halogens is 1. The minimum Gasteiger partial charge on any atom is -0.358 e. The molecule has 0 radical (unpaired) electrons. The van der Waals surface area contributed by atoms with Gasteiger partial charge in [0.05, 0.1) is 6.04 Å². The zero-order chi connectivity index (χ0) is 19.4. The van der Waals surface area contributed by atoms with E-state index in [1.165, 1.54) is 18.2 Å². The molecule has 1 heterocycles. The Morgan fingerprint density at radius 2 is 2.04 bits per heavy atom. The number of nitrogens with zero attached hydrogens (tertiary/aromatic N) is 3. The Labute approximate surface area is 160 Å². The number of amides is 1. The van der Waals surface area contributed by atoms with Crippen LogP contribution in [-0.2, 0) is 4.79 Å². The number of hydrogen-bond donors (Lipinski definition) is 1. The molecule has 27 heavy (non-hydrogen) atoms. The zero-order valence-corrected chi connectivity index (χ0v) is 14.9. The van der Waals surface area contributed by atoms with Crippen molar-refractivity contribution in [1.29, 1.82) is 5.26 Å². The molecule has 1 unspecified atom stereocenters. The number of benzene rings is 1. The van der Waals surface area contributed by atoms with Crippen molar-refractivity contribution in [3.8, 4) is 6.07 Å². The van der Waals surface area contributed by atoms with Crippen LogP contribution in [0.4, 0.5) is 5.82 Å². The molecule has 1 saturated carbocycles. The minimum atomic E-state index is -0.718. The first kappa shape index (κ1) is 18.5. The van der Waals surface area contributed by atoms with Gasteiger partial charge >= 0.3 is 5.82 Å². The largest absolute Gasteiger partial charge is 0.382 e. The second-order valence-corrected chi connectivity index (χ2v) is 6.57. The summed E-state index contributed by atoms with van der Waals surface area (Å²) < 4.78 is 0. The van der Waals surface area contributed by atoms with Crippen LogP contribution in [0.15, 0.2) is 48.0 Å². The van der Waals surface area contributed by atoms with Crippen molar-refractivity contribution in [3.63, 3.8) is 0 Å². The number of nitro groups is 1. The van der Waals surface area contributed by atoms with Crippen LogP contribution in [0.1, 0.15) is 30.1 Å². The molecule has 2 aromatic rings. The smallest absolute Gasteiger partial charge is 0.358 e. The number of nitriles is 1. The van der Waals surface area contributed by atoms with Gasteiger partial charge in [-0.25, -0.2) is 0 Å². The van der Waals surface area contributed by atoms with Crippen LogP contribution < -0.4 is 5.32 Å². The molecule has 0 bridgehead atoms. The Morgan fingerprint density at radius 3 is 2.63 bits per heavy atom. The standard InChI is InChI=1S/C19H15ClN4O3/c20-16-9-8-15(22-18(16)24(26)27)10-14(11-21)19(25)23-17(13-6-7-13)12-4-2-1-3-5-12/h1-5,8-10,13,17H,6-7H2,(H,23,25). The average Bonchev–Trinajstić information content (AvgIpc) is 3.50. The first-order chi connectivity index (χ1) is 13.0. The number of carbonyl (C=O) groups is 1. The molecule has 1 aliphatic rings. The fraction of sp³-hybridized carbons (Fsp3) is 0.211. The van der Waals surface area contributed by atoms with Crippen molar-refractivity contribution >= 4 is 29.4 Å². The molecule has 1 N–H and O–H groups in total. The summed E-state index contributed by atoms with van der Waals surface area (Å²) in [5.74, 6) is -0.730. The Hall–Kier alpha value is -3.24. The summed E-state index contributed by atoms with van der Waals surface area (Å²) in [5, 5.41) is 23.1. The van der Waals surface area contributed by atoms with Crippen molar-refractivity contribution in [3.05, 3.63) is 74.4 Å². The van der Waals surface area contributed by atoms with E-state index < -0.39 is 16.6 Å². The first-order valence-electron chi connectivity index (χ1n) is 8.28. The van der Waals surface area contributed by atoms with Crippen LogP contribution in [0.5, 0.6) is 0 Å². The van der Waals surface area contributed by atoms with Crippen LogP contribution in [0.25, 0.3) is 6.08 Å². The van der Waals surface area contributed by atoms with E-state index in [1.807, 2.05) is 36.4 Å². The Morgan fingerprint density at radius 1 is 1.33 bits per heavy atom. The van der Waals surface area contributed by atoms with Crippen molar-refractivity contribution in [1.82, 2.24) is 10.3 Å². The lowest BCUT2D eigenvalue weighted by Crippen LogP contribution is -2.30. The fourth-order valence-corrected chi connectivity index (χ4v) is 2.91. The Bertz CT molecular complexity index is 949. The molecule has 0 aliphatic heterocycles. The number of aromatic nitrogens is 1. The van der Waals surface area contributed by atoms with E-state index in [-0.39, 0.29) is 22.3 Å². The maximum Gasteiger partial charge on any atom is 0.382 e. The van der Waals surface area contributed by atoms with Crippen LogP contribution in [0, 0.1) is 27.4 Å². The number of pyridine rings is 1. The molecule has 1 atom stereocenters. The third-order valence-electron chi connectivity index (χ3n) is 4.22. The molecule has 1 amide bonds. The third-order valence-corrected chi connectivity index (χ3v) is 4.51. The molecule has 136 valence electrons. The van der Waals surface area contributed by atoms with Gasteiger partial charge in [-0.15, -0.1) is 0 Å². The Kier molecular flexibility index (Phi) is 5.48. The van der Waals surface area contributed by atoms with Crippen molar-refractivity contribution in [2.24, 2.45) is 5.92 Å². The predicted molar refractivity (Wildman–Crippen MR) is 99.5 cm³/mol. The SMILES string of the molecule is N#CC(=Cc1ccc(Cl)c([N+](=O)[O-])n1)C(=O)NC(c1ccccc1)C1CC1. The van der Waals surface area contributed by atoms with Gasteiger partial charge in [-0.3, -0.25) is 4.79 Å². The number of hydrogen-bond acceptors (Lipinski definition) is 5. The molecule has 1 aromatic heterocycles. The second-order valence-electron chi connectivity index (χ2n) is 6.17. The first-order valence-corrected chi connectivity index (χ1v) is 8.66. The quantitative estimate of drug-likeness (QED) is 0.353. The highest BCUT2D eigenvalue weighted by Gasteiger charge is 2.34. The summed E-state index contributed by atoms with van der Waals surface area (Å²) in [6.45, 7) is 0. The Balaban J connectivity index is 1.84. The predicted octanol–water partition coefficient (Wildman–Crippen LogP) is 3.82. The lowest BCUT2D eigenvalue weighted by atomic mass is 10.0. The molecule has 7 nitrogen and oxygen atoms in total. The summed E-state index contributed by atoms with van der Waals surface area (Å²) in [6, 6.07) is 13.9. The maximum absolute atomic E-state index is 12.6. The summed E-state index contributed by atoms with van der Waals surface area (Å²) in [6.07, 6.45) is 3.24. The number of rotatable bonds is 6. The summed E-state index contributed by atoms with van der Waals surface area (Å²) in [4.78, 5) is 26.6. The van der Waals surface area contributed by atoms with Crippen molar-refractivity contribution < 1.29 is 9.72 Å². The van der Waals surface area contributed by atoms with Crippen molar-refractivity contribution in [2.45, 2.75) is 18.9 Å². The van der Waals surface area contributed by atoms with E-state index in [1.54, 1.807) is 0 Å². The fourth-order valence-electron chi connectivity index (χ4n) is 2.73. The molecular formula is C19H15ClN4O3. The highest BCUT2D eigenvalue weighted by atomic mass is 35.5. The van der Waals surface area contributed by atoms with E-state index >= 15 is 0 Å². The van der Waals surface area contributed by atoms with E-state index in [9.17, 15) is 20.2 Å². The van der Waals surface area contributed by atoms with Crippen molar-refractivity contribution in [2.75, 3.05) is 0 Å². The van der Waals surface area contributed by atoms with Gasteiger partial charge in [-0.2, -0.15) is 5.26 Å². The van der Waals surface area contributed by atoms with Gasteiger partial charge in [-0.05, 0) is 46.4 Å². The molecule has 3 rings (SSSR count). The summed E-state index contributed by atoms with van der Waals surface area (Å²) in [7, 11) is 0. The van der Waals surface area contributed by atoms with Gasteiger partial charge in [0.1, 0.15) is 16.7 Å². The number of nitrogens with one attached hydrogen (secondary N) is 1. The molecule has 1 fully saturated rings. The van der Waals surface area contributed by atoms with Gasteiger partial charge in [0.25, 0.3) is 5.91 Å². The van der Waals surface area contributed by atoms with Gasteiger partial charge in [0, 0.05) is 6.08 Å². The lowest BCUT2D eigenvalue weighted by molar-refractivity contribution is -0.389. The molecular weight excluding hydrogens is 368 g/mol. The third kappa shape index (κ3) is 4.49. The number of carbonyl (C=O) groups excluding carboxylic acids is 1. The summed E-state index contributed by atoms with van der Waals surface area (Å²) >= 11 is 5.73. The molecule has 1 aromatic carbocycles. The minimum absolute atomic E-state index is 0.112. The topological polar surface area (TPSA) is 109 Å². The highest BCUT2D eigenvalue weighted by molar-refractivity contribution is 6.32. The van der Waals surface area contributed by atoms with E-state index in [4.69, 9.17) is 11.6 Å². The average molecular weight is 383 g/mol. The van der Waals surface area contributed by atoms with Gasteiger partial charge in [0.2, 0.25) is 0 Å². The highest BCUT2D eigenvalue weighted by Crippen LogP contribution is 2.41. The van der Waals surface area contributed by atoms with Gasteiger partial charge < -0.3 is 15.4 Å². The van der Waals surface area contributed by atoms with Crippen LogP contribution >= 0.6 is 11.6 Å². The molecule has 0 spiro atoms. The van der Waals surface area contributed by atoms with Crippen LogP contribution in [-0.4, -0.2) is 15.8 Å². The van der Waals surface area contributed by atoms with E-state index in [0.717, 1.165) is 18.4 Å². The second kappa shape index (κ2) is 7.98. The summed E-state index contributed by atoms with van der Waals surface area (Å²) in [5.41, 5.74) is 0.909. The van der Waals surface area contributed by atoms with Gasteiger partial charge in [-0.1, -0.05) is 41.9 Å². The molecule has 1 aliphatic carbocycles. The lowest BCUT2D eigenvalue weighted by Gasteiger charge is -2.18. The van der Waals surface area contributed by atoms with Crippen LogP contribution in [0.2, 0.25) is 5.02 Å². The normalized spacial score (nSPS) is 14.9. The van der Waals surface area contributed by atoms with Gasteiger partial charge in [0.15, 0.2) is 5.69 Å².